The minimum atomic E-state index is -0.248. The van der Waals surface area contributed by atoms with Gasteiger partial charge in [0.2, 0.25) is 0 Å². The molecule has 0 bridgehead atoms. The van der Waals surface area contributed by atoms with Crippen LogP contribution in [0.15, 0.2) is 72.2 Å². The van der Waals surface area contributed by atoms with Crippen LogP contribution in [0.3, 0.4) is 0 Å². The molecule has 1 aliphatic heterocycles. The first-order valence-electron chi connectivity index (χ1n) is 10.8. The van der Waals surface area contributed by atoms with Crippen LogP contribution in [0.1, 0.15) is 42.7 Å². The Hall–Kier alpha value is -3.78. The second-order valence-corrected chi connectivity index (χ2v) is 8.85. The first kappa shape index (κ1) is 21.1. The fraction of sp³-hybridized carbons (Fsp3) is 0.200. The maximum absolute atomic E-state index is 13.1. The zero-order valence-electron chi connectivity index (χ0n) is 18.0. The molecule has 33 heavy (non-hydrogen) atoms. The average molecular weight is 458 g/mol. The van der Waals surface area contributed by atoms with E-state index < -0.39 is 0 Å². The van der Waals surface area contributed by atoms with Crippen molar-refractivity contribution < 1.29 is 9.59 Å². The molecule has 0 radical (unpaired) electrons. The van der Waals surface area contributed by atoms with Crippen LogP contribution in [0.5, 0.6) is 0 Å². The molecule has 0 spiro atoms. The highest BCUT2D eigenvalue weighted by Gasteiger charge is 2.30. The lowest BCUT2D eigenvalue weighted by Gasteiger charge is -2.28. The van der Waals surface area contributed by atoms with Crippen molar-refractivity contribution in [1.82, 2.24) is 25.0 Å². The van der Waals surface area contributed by atoms with Crippen molar-refractivity contribution in [2.75, 3.05) is 6.54 Å². The Kier molecular flexibility index (Phi) is 5.99. The summed E-state index contributed by atoms with van der Waals surface area (Å²) in [6, 6.07) is 19.3. The highest BCUT2D eigenvalue weighted by molar-refractivity contribution is 7.09. The van der Waals surface area contributed by atoms with E-state index in [0.29, 0.717) is 43.9 Å². The number of nitrogens with one attached hydrogen (secondary N) is 1. The van der Waals surface area contributed by atoms with E-state index in [1.807, 2.05) is 70.7 Å². The predicted octanol–water partition coefficient (Wildman–Crippen LogP) is 3.52. The number of hydrogen-bond acceptors (Lipinski definition) is 5. The van der Waals surface area contributed by atoms with Gasteiger partial charge >= 0.3 is 0 Å². The molecule has 0 saturated carbocycles. The summed E-state index contributed by atoms with van der Waals surface area (Å²) in [6.45, 7) is 1.87. The number of aromatic nitrogens is 3. The Morgan fingerprint density at radius 1 is 1.03 bits per heavy atom. The molecule has 0 fully saturated rings. The number of carbonyl (C=O) groups is 2. The molecule has 1 N–H and O–H groups in total. The molecule has 2 aromatic heterocycles. The third-order valence-electron chi connectivity index (χ3n) is 5.72. The van der Waals surface area contributed by atoms with Crippen molar-refractivity contribution in [1.29, 1.82) is 0 Å². The Morgan fingerprint density at radius 2 is 1.79 bits per heavy atom. The van der Waals surface area contributed by atoms with E-state index in [1.165, 1.54) is 11.3 Å². The average Bonchev–Trinajstić information content (AvgIpc) is 3.51. The van der Waals surface area contributed by atoms with Crippen molar-refractivity contribution in [3.63, 3.8) is 0 Å². The van der Waals surface area contributed by atoms with Crippen molar-refractivity contribution in [3.8, 4) is 0 Å². The number of carbonyl (C=O) groups excluding carboxylic acids is 2. The molecule has 0 aliphatic carbocycles. The molecule has 1 aliphatic rings. The van der Waals surface area contributed by atoms with Crippen LogP contribution in [-0.2, 0) is 26.1 Å². The molecule has 7 nitrogen and oxygen atoms in total. The number of hydrogen-bond donors (Lipinski definition) is 1. The molecular weight excluding hydrogens is 434 g/mol. The largest absolute Gasteiger partial charge is 0.344 e. The Morgan fingerprint density at radius 3 is 2.52 bits per heavy atom. The van der Waals surface area contributed by atoms with Gasteiger partial charge in [-0.25, -0.2) is 4.98 Å². The number of rotatable bonds is 6. The molecule has 0 unspecified atom stereocenters. The van der Waals surface area contributed by atoms with E-state index in [9.17, 15) is 9.59 Å². The van der Waals surface area contributed by atoms with Crippen molar-refractivity contribution in [2.24, 2.45) is 0 Å². The maximum Gasteiger partial charge on any atom is 0.272 e. The smallest absolute Gasteiger partial charge is 0.272 e. The second-order valence-electron chi connectivity index (χ2n) is 7.87. The topological polar surface area (TPSA) is 80.1 Å². The van der Waals surface area contributed by atoms with Crippen molar-refractivity contribution in [2.45, 2.75) is 26.1 Å². The highest BCUT2D eigenvalue weighted by atomic mass is 32.1. The van der Waals surface area contributed by atoms with Gasteiger partial charge in [0.05, 0.1) is 19.6 Å². The summed E-state index contributed by atoms with van der Waals surface area (Å²) in [5.41, 5.74) is 3.96. The van der Waals surface area contributed by atoms with E-state index in [4.69, 9.17) is 5.10 Å². The summed E-state index contributed by atoms with van der Waals surface area (Å²) in [5, 5.41) is 10.4. The summed E-state index contributed by atoms with van der Waals surface area (Å²) in [7, 11) is 0. The normalized spacial score (nSPS) is 12.9. The number of fused-ring (bicyclic) bond motifs is 1. The van der Waals surface area contributed by atoms with Gasteiger partial charge < -0.3 is 10.2 Å². The van der Waals surface area contributed by atoms with Gasteiger partial charge in [0.1, 0.15) is 5.01 Å². The fourth-order valence-corrected chi connectivity index (χ4v) is 4.63. The minimum Gasteiger partial charge on any atom is -0.344 e. The van der Waals surface area contributed by atoms with Crippen LogP contribution in [-0.4, -0.2) is 38.0 Å². The summed E-state index contributed by atoms with van der Waals surface area (Å²) >= 11 is 1.49. The monoisotopic (exact) mass is 457 g/mol. The lowest BCUT2D eigenvalue weighted by Crippen LogP contribution is -2.37. The standard InChI is InChI=1S/C25H23N5O2S/c31-24(27-15-22-26-12-14-33-22)23-20-17-29(25(32)19-9-5-2-6-10-19)13-11-21(20)30(28-23)16-18-7-3-1-4-8-18/h1-10,12,14H,11,13,15-17H2,(H,27,31). The number of amides is 2. The number of nitrogens with zero attached hydrogens (tertiary/aromatic N) is 4. The first-order valence-corrected chi connectivity index (χ1v) is 11.7. The highest BCUT2D eigenvalue weighted by Crippen LogP contribution is 2.25. The summed E-state index contributed by atoms with van der Waals surface area (Å²) < 4.78 is 1.91. The Balaban J connectivity index is 1.43. The van der Waals surface area contributed by atoms with E-state index in [1.54, 1.807) is 11.1 Å². The van der Waals surface area contributed by atoms with E-state index >= 15 is 0 Å². The van der Waals surface area contributed by atoms with Gasteiger partial charge in [0.25, 0.3) is 11.8 Å². The number of benzene rings is 2. The maximum atomic E-state index is 13.1. The van der Waals surface area contributed by atoms with Crippen LogP contribution in [0.2, 0.25) is 0 Å². The summed E-state index contributed by atoms with van der Waals surface area (Å²) in [5.74, 6) is -0.284. The van der Waals surface area contributed by atoms with Gasteiger partial charge in [0.15, 0.2) is 5.69 Å². The molecule has 0 atom stereocenters. The molecule has 166 valence electrons. The van der Waals surface area contributed by atoms with Crippen LogP contribution >= 0.6 is 11.3 Å². The van der Waals surface area contributed by atoms with Crippen molar-refractivity contribution >= 4 is 23.2 Å². The number of thiazole rings is 1. The van der Waals surface area contributed by atoms with Gasteiger partial charge in [-0.3, -0.25) is 14.3 Å². The Labute approximate surface area is 195 Å². The first-order chi connectivity index (χ1) is 16.2. The van der Waals surface area contributed by atoms with Gasteiger partial charge in [-0.05, 0) is 17.7 Å². The molecule has 4 aromatic rings. The third-order valence-corrected chi connectivity index (χ3v) is 6.50. The fourth-order valence-electron chi connectivity index (χ4n) is 4.08. The van der Waals surface area contributed by atoms with Crippen molar-refractivity contribution in [3.05, 3.63) is 105 Å². The predicted molar refractivity (Wildman–Crippen MR) is 126 cm³/mol. The van der Waals surface area contributed by atoms with Gasteiger partial charge in [-0.1, -0.05) is 48.5 Å². The second kappa shape index (κ2) is 9.38. The molecule has 2 amide bonds. The Bertz CT molecular complexity index is 1250. The summed E-state index contributed by atoms with van der Waals surface area (Å²) in [6.07, 6.45) is 2.36. The van der Waals surface area contributed by atoms with E-state index in [2.05, 4.69) is 10.3 Å². The van der Waals surface area contributed by atoms with Crippen LogP contribution in [0.25, 0.3) is 0 Å². The van der Waals surface area contributed by atoms with Crippen LogP contribution < -0.4 is 5.32 Å². The third kappa shape index (κ3) is 4.56. The van der Waals surface area contributed by atoms with Gasteiger partial charge in [-0.2, -0.15) is 5.10 Å². The van der Waals surface area contributed by atoms with Crippen LogP contribution in [0.4, 0.5) is 0 Å². The SMILES string of the molecule is O=C(NCc1nccs1)c1nn(Cc2ccccc2)c2c1CN(C(=O)c1ccccc1)CC2. The molecule has 0 saturated heterocycles. The van der Waals surface area contributed by atoms with E-state index in [-0.39, 0.29) is 11.8 Å². The van der Waals surface area contributed by atoms with Crippen LogP contribution in [0, 0.1) is 0 Å². The molecular formula is C25H23N5O2S. The molecule has 2 aromatic carbocycles. The molecule has 5 rings (SSSR count). The van der Waals surface area contributed by atoms with Gasteiger partial charge in [0, 0.05) is 41.4 Å². The minimum absolute atomic E-state index is 0.0359. The lowest BCUT2D eigenvalue weighted by molar-refractivity contribution is 0.0730. The zero-order chi connectivity index (χ0) is 22.6. The molecule has 3 heterocycles. The quantitative estimate of drug-likeness (QED) is 0.481. The molecule has 8 heteroatoms. The lowest BCUT2D eigenvalue weighted by atomic mass is 10.0. The zero-order valence-corrected chi connectivity index (χ0v) is 18.8. The summed E-state index contributed by atoms with van der Waals surface area (Å²) in [4.78, 5) is 32.2. The van der Waals surface area contributed by atoms with Gasteiger partial charge in [-0.15, -0.1) is 11.3 Å². The van der Waals surface area contributed by atoms with E-state index in [0.717, 1.165) is 21.8 Å².